The normalized spacial score (nSPS) is 14.0. The molecule has 1 aromatic heterocycles. The number of rotatable bonds is 3. The molecule has 0 atom stereocenters. The van der Waals surface area contributed by atoms with Gasteiger partial charge in [-0.25, -0.2) is 9.78 Å². The summed E-state index contributed by atoms with van der Waals surface area (Å²) in [7, 11) is 0. The van der Waals surface area contributed by atoms with Gasteiger partial charge in [-0.1, -0.05) is 0 Å². The molecule has 0 unspecified atom stereocenters. The van der Waals surface area contributed by atoms with Crippen LogP contribution in [0.25, 0.3) is 10.8 Å². The van der Waals surface area contributed by atoms with Crippen molar-refractivity contribution in [1.82, 2.24) is 4.98 Å². The number of aliphatic carboxylic acids is 1. The Hall–Kier alpha value is -2.50. The average Bonchev–Trinajstić information content (AvgIpc) is 2.45. The van der Waals surface area contributed by atoms with Crippen molar-refractivity contribution in [2.24, 2.45) is 0 Å². The molecule has 2 heterocycles. The largest absolute Gasteiger partial charge is 0.486 e. The van der Waals surface area contributed by atoms with E-state index in [0.29, 0.717) is 30.5 Å². The number of fused-ring (bicyclic) bond motifs is 2. The van der Waals surface area contributed by atoms with Crippen LogP contribution in [0.15, 0.2) is 24.4 Å². The minimum Gasteiger partial charge on any atom is -0.486 e. The van der Waals surface area contributed by atoms with E-state index in [1.54, 1.807) is 20.0 Å². The lowest BCUT2D eigenvalue weighted by Crippen LogP contribution is -2.40. The summed E-state index contributed by atoms with van der Waals surface area (Å²) < 4.78 is 11.1. The van der Waals surface area contributed by atoms with E-state index < -0.39 is 11.5 Å². The molecule has 3 rings (SSSR count). The van der Waals surface area contributed by atoms with Crippen molar-refractivity contribution in [3.63, 3.8) is 0 Å². The second kappa shape index (κ2) is 4.80. The molecule has 0 spiro atoms. The van der Waals surface area contributed by atoms with E-state index in [0.717, 1.165) is 10.8 Å². The van der Waals surface area contributed by atoms with Crippen LogP contribution in [0, 0.1) is 0 Å². The zero-order valence-corrected chi connectivity index (χ0v) is 11.8. The number of carboxylic acid groups (broad SMARTS) is 1. The molecule has 21 heavy (non-hydrogen) atoms. The van der Waals surface area contributed by atoms with E-state index in [1.807, 2.05) is 18.2 Å². The number of aromatic nitrogens is 1. The molecule has 6 nitrogen and oxygen atoms in total. The Balaban J connectivity index is 2.09. The van der Waals surface area contributed by atoms with E-state index in [-0.39, 0.29) is 0 Å². The highest BCUT2D eigenvalue weighted by Crippen LogP contribution is 2.37. The standard InChI is InChI=1S/C15H16N2O4/c1-15(2,14(18)19)17-13-10-8-12-11(20-5-6-21-12)7-9(10)3-4-16-13/h3-4,7-8H,5-6H2,1-2H3,(H,16,17)(H,18,19). The van der Waals surface area contributed by atoms with Crippen LogP contribution in [0.5, 0.6) is 11.5 Å². The van der Waals surface area contributed by atoms with Gasteiger partial charge in [0.15, 0.2) is 11.5 Å². The van der Waals surface area contributed by atoms with Gasteiger partial charge in [0.25, 0.3) is 0 Å². The summed E-state index contributed by atoms with van der Waals surface area (Å²) in [5.41, 5.74) is -1.12. The number of nitrogens with zero attached hydrogens (tertiary/aromatic N) is 1. The smallest absolute Gasteiger partial charge is 0.328 e. The zero-order chi connectivity index (χ0) is 15.0. The number of carbonyl (C=O) groups is 1. The van der Waals surface area contributed by atoms with Crippen molar-refractivity contribution >= 4 is 22.6 Å². The van der Waals surface area contributed by atoms with E-state index in [9.17, 15) is 9.90 Å². The molecule has 6 heteroatoms. The van der Waals surface area contributed by atoms with Gasteiger partial charge in [-0.2, -0.15) is 0 Å². The summed E-state index contributed by atoms with van der Waals surface area (Å²) in [6.07, 6.45) is 1.64. The summed E-state index contributed by atoms with van der Waals surface area (Å²) in [6, 6.07) is 5.56. The van der Waals surface area contributed by atoms with Gasteiger partial charge < -0.3 is 19.9 Å². The maximum absolute atomic E-state index is 11.3. The Kier molecular flexibility index (Phi) is 3.08. The third-order valence-corrected chi connectivity index (χ3v) is 3.39. The molecule has 0 aliphatic carbocycles. The Morgan fingerprint density at radius 2 is 1.95 bits per heavy atom. The Labute approximate surface area is 121 Å². The maximum atomic E-state index is 11.3. The summed E-state index contributed by atoms with van der Waals surface area (Å²) in [6.45, 7) is 4.21. The van der Waals surface area contributed by atoms with Crippen LogP contribution in [-0.4, -0.2) is 34.8 Å². The van der Waals surface area contributed by atoms with Crippen LogP contribution in [0.1, 0.15) is 13.8 Å². The second-order valence-electron chi connectivity index (χ2n) is 5.43. The Morgan fingerprint density at radius 1 is 1.29 bits per heavy atom. The summed E-state index contributed by atoms with van der Waals surface area (Å²) in [5, 5.41) is 13.9. The van der Waals surface area contributed by atoms with Crippen molar-refractivity contribution < 1.29 is 19.4 Å². The Bertz CT molecular complexity index is 712. The summed E-state index contributed by atoms with van der Waals surface area (Å²) in [5.74, 6) is 0.914. The van der Waals surface area contributed by atoms with E-state index >= 15 is 0 Å². The number of pyridine rings is 1. The van der Waals surface area contributed by atoms with E-state index in [2.05, 4.69) is 10.3 Å². The lowest BCUT2D eigenvalue weighted by atomic mass is 10.0. The number of hydrogen-bond acceptors (Lipinski definition) is 5. The number of hydrogen-bond donors (Lipinski definition) is 2. The Morgan fingerprint density at radius 3 is 2.62 bits per heavy atom. The highest BCUT2D eigenvalue weighted by Gasteiger charge is 2.28. The van der Waals surface area contributed by atoms with Crippen molar-refractivity contribution in [3.8, 4) is 11.5 Å². The molecule has 0 saturated carbocycles. The number of nitrogens with one attached hydrogen (secondary N) is 1. The molecule has 2 aromatic rings. The average molecular weight is 288 g/mol. The predicted octanol–water partition coefficient (Wildman–Crippen LogP) is 2.28. The molecule has 0 fully saturated rings. The maximum Gasteiger partial charge on any atom is 0.328 e. The first kappa shape index (κ1) is 13.5. The molecular weight excluding hydrogens is 272 g/mol. The van der Waals surface area contributed by atoms with Gasteiger partial charge >= 0.3 is 5.97 Å². The number of benzene rings is 1. The van der Waals surface area contributed by atoms with Gasteiger partial charge in [-0.3, -0.25) is 0 Å². The van der Waals surface area contributed by atoms with E-state index in [1.165, 1.54) is 0 Å². The molecule has 0 saturated heterocycles. The highest BCUT2D eigenvalue weighted by molar-refractivity contribution is 5.96. The second-order valence-corrected chi connectivity index (χ2v) is 5.43. The van der Waals surface area contributed by atoms with Gasteiger partial charge in [0.2, 0.25) is 0 Å². The molecule has 2 N–H and O–H groups in total. The lowest BCUT2D eigenvalue weighted by Gasteiger charge is -2.23. The lowest BCUT2D eigenvalue weighted by molar-refractivity contribution is -0.141. The van der Waals surface area contributed by atoms with Crippen molar-refractivity contribution in [1.29, 1.82) is 0 Å². The van der Waals surface area contributed by atoms with Crippen LogP contribution in [0.4, 0.5) is 5.82 Å². The van der Waals surface area contributed by atoms with Crippen LogP contribution < -0.4 is 14.8 Å². The zero-order valence-electron chi connectivity index (χ0n) is 11.8. The highest BCUT2D eigenvalue weighted by atomic mass is 16.6. The third kappa shape index (κ3) is 2.44. The van der Waals surface area contributed by atoms with Crippen molar-refractivity contribution in [2.45, 2.75) is 19.4 Å². The van der Waals surface area contributed by atoms with Crippen molar-refractivity contribution in [3.05, 3.63) is 24.4 Å². The summed E-state index contributed by atoms with van der Waals surface area (Å²) >= 11 is 0. The fraction of sp³-hybridized carbons (Fsp3) is 0.333. The van der Waals surface area contributed by atoms with Gasteiger partial charge in [0, 0.05) is 11.6 Å². The molecule has 0 radical (unpaired) electrons. The number of carboxylic acids is 1. The third-order valence-electron chi connectivity index (χ3n) is 3.39. The molecule has 0 bridgehead atoms. The fourth-order valence-corrected chi connectivity index (χ4v) is 2.16. The molecule has 1 aliphatic heterocycles. The molecule has 1 aromatic carbocycles. The van der Waals surface area contributed by atoms with Gasteiger partial charge in [-0.15, -0.1) is 0 Å². The minimum absolute atomic E-state index is 0.502. The van der Waals surface area contributed by atoms with Gasteiger partial charge in [0.1, 0.15) is 24.6 Å². The first-order valence-corrected chi connectivity index (χ1v) is 6.67. The van der Waals surface area contributed by atoms with Crippen molar-refractivity contribution in [2.75, 3.05) is 18.5 Å². The van der Waals surface area contributed by atoms with Crippen LogP contribution in [0.3, 0.4) is 0 Å². The predicted molar refractivity (Wildman–Crippen MR) is 78.1 cm³/mol. The monoisotopic (exact) mass is 288 g/mol. The van der Waals surface area contributed by atoms with E-state index in [4.69, 9.17) is 9.47 Å². The van der Waals surface area contributed by atoms with Crippen LogP contribution in [0.2, 0.25) is 0 Å². The quantitative estimate of drug-likeness (QED) is 0.902. The van der Waals surface area contributed by atoms with Crippen LogP contribution in [-0.2, 0) is 4.79 Å². The summed E-state index contributed by atoms with van der Waals surface area (Å²) in [4.78, 5) is 15.5. The number of ether oxygens (including phenoxy) is 2. The SMILES string of the molecule is CC(C)(Nc1nccc2cc3c(cc12)OCCO3)C(=O)O. The fourth-order valence-electron chi connectivity index (χ4n) is 2.16. The minimum atomic E-state index is -1.12. The first-order chi connectivity index (χ1) is 9.97. The molecule has 0 amide bonds. The van der Waals surface area contributed by atoms with Gasteiger partial charge in [-0.05, 0) is 37.4 Å². The topological polar surface area (TPSA) is 80.7 Å². The first-order valence-electron chi connectivity index (χ1n) is 6.67. The molecule has 110 valence electrons. The van der Waals surface area contributed by atoms with Crippen LogP contribution >= 0.6 is 0 Å². The molecule has 1 aliphatic rings. The van der Waals surface area contributed by atoms with Gasteiger partial charge in [0.05, 0.1) is 0 Å². The number of anilines is 1. The molecular formula is C15H16N2O4.